The molecule has 2 aromatic carbocycles. The Morgan fingerprint density at radius 1 is 1.03 bits per heavy atom. The first-order valence-electron chi connectivity index (χ1n) is 12.2. The van der Waals surface area contributed by atoms with Gasteiger partial charge in [0.2, 0.25) is 15.9 Å². The molecule has 3 aromatic rings. The summed E-state index contributed by atoms with van der Waals surface area (Å²) in [6, 6.07) is 18.4. The molecule has 0 bridgehead atoms. The average Bonchev–Trinajstić information content (AvgIpc) is 3.38. The molecule has 1 saturated heterocycles. The minimum absolute atomic E-state index is 0.00651. The van der Waals surface area contributed by atoms with Crippen molar-refractivity contribution in [2.24, 2.45) is 0 Å². The first-order valence-corrected chi connectivity index (χ1v) is 14.5. The van der Waals surface area contributed by atoms with Gasteiger partial charge in [0.05, 0.1) is 24.6 Å². The summed E-state index contributed by atoms with van der Waals surface area (Å²) in [7, 11) is -1.93. The summed E-state index contributed by atoms with van der Waals surface area (Å²) in [5.74, 6) is 0.843. The Morgan fingerprint density at radius 2 is 1.78 bits per heavy atom. The lowest BCUT2D eigenvalue weighted by Gasteiger charge is -2.41. The van der Waals surface area contributed by atoms with Crippen LogP contribution >= 0.6 is 11.3 Å². The van der Waals surface area contributed by atoms with Crippen LogP contribution in [0.15, 0.2) is 70.9 Å². The normalized spacial score (nSPS) is 21.2. The van der Waals surface area contributed by atoms with Gasteiger partial charge in [0, 0.05) is 37.1 Å². The summed E-state index contributed by atoms with van der Waals surface area (Å²) in [5.41, 5.74) is 2.39. The van der Waals surface area contributed by atoms with E-state index < -0.39 is 10.0 Å². The van der Waals surface area contributed by atoms with Gasteiger partial charge in [-0.25, -0.2) is 8.42 Å². The molecule has 5 rings (SSSR count). The summed E-state index contributed by atoms with van der Waals surface area (Å²) >= 11 is 1.77. The number of rotatable bonds is 6. The number of carbonyl (C=O) groups is 1. The fourth-order valence-corrected chi connectivity index (χ4v) is 7.78. The number of fused-ring (bicyclic) bond motifs is 1. The predicted molar refractivity (Wildman–Crippen MR) is 141 cm³/mol. The van der Waals surface area contributed by atoms with Gasteiger partial charge in [-0.05, 0) is 60.2 Å². The molecular formula is C27H31N3O4S2. The van der Waals surface area contributed by atoms with Crippen LogP contribution < -0.4 is 4.74 Å². The van der Waals surface area contributed by atoms with E-state index in [-0.39, 0.29) is 18.0 Å². The van der Waals surface area contributed by atoms with Crippen LogP contribution in [0, 0.1) is 0 Å². The zero-order valence-corrected chi connectivity index (χ0v) is 22.2. The van der Waals surface area contributed by atoms with E-state index in [1.807, 2.05) is 24.0 Å². The molecule has 1 aromatic heterocycles. The van der Waals surface area contributed by atoms with Crippen molar-refractivity contribution in [1.82, 2.24) is 14.1 Å². The quantitative estimate of drug-likeness (QED) is 0.492. The summed E-state index contributed by atoms with van der Waals surface area (Å²) < 4.78 is 33.1. The number of hydrogen-bond acceptors (Lipinski definition) is 6. The van der Waals surface area contributed by atoms with Crippen molar-refractivity contribution in [3.63, 3.8) is 0 Å². The second kappa shape index (κ2) is 10.3. The van der Waals surface area contributed by atoms with E-state index in [4.69, 9.17) is 4.74 Å². The highest BCUT2D eigenvalue weighted by molar-refractivity contribution is 7.89. The molecule has 2 aliphatic heterocycles. The zero-order valence-electron chi connectivity index (χ0n) is 20.5. The number of amides is 1. The Labute approximate surface area is 217 Å². The van der Waals surface area contributed by atoms with Gasteiger partial charge in [-0.1, -0.05) is 30.3 Å². The number of nitrogens with zero attached hydrogens (tertiary/aromatic N) is 3. The maximum absolute atomic E-state index is 13.5. The molecule has 0 N–H and O–H groups in total. The van der Waals surface area contributed by atoms with E-state index in [2.05, 4.69) is 28.5 Å². The van der Waals surface area contributed by atoms with Crippen molar-refractivity contribution in [3.8, 4) is 5.75 Å². The molecule has 0 saturated carbocycles. The Morgan fingerprint density at radius 3 is 2.47 bits per heavy atom. The predicted octanol–water partition coefficient (Wildman–Crippen LogP) is 3.63. The Kier molecular flexibility index (Phi) is 7.16. The van der Waals surface area contributed by atoms with E-state index in [9.17, 15) is 13.2 Å². The highest BCUT2D eigenvalue weighted by Crippen LogP contribution is 2.38. The van der Waals surface area contributed by atoms with E-state index in [1.165, 1.54) is 14.7 Å². The average molecular weight is 526 g/mol. The monoisotopic (exact) mass is 525 g/mol. The lowest BCUT2D eigenvalue weighted by Crippen LogP contribution is -2.57. The third kappa shape index (κ3) is 4.80. The van der Waals surface area contributed by atoms with Gasteiger partial charge < -0.3 is 9.64 Å². The van der Waals surface area contributed by atoms with Crippen molar-refractivity contribution in [1.29, 1.82) is 0 Å². The Balaban J connectivity index is 1.30. The molecule has 0 aliphatic carbocycles. The van der Waals surface area contributed by atoms with Crippen molar-refractivity contribution in [2.75, 3.05) is 39.8 Å². The number of hydrogen-bond donors (Lipinski definition) is 0. The van der Waals surface area contributed by atoms with Crippen LogP contribution in [0.3, 0.4) is 0 Å². The largest absolute Gasteiger partial charge is 0.497 e. The summed E-state index contributed by atoms with van der Waals surface area (Å²) in [5, 5.41) is 2.13. The van der Waals surface area contributed by atoms with Crippen LogP contribution in [0.4, 0.5) is 0 Å². The fraction of sp³-hybridized carbons (Fsp3) is 0.370. The van der Waals surface area contributed by atoms with Gasteiger partial charge in [0.25, 0.3) is 0 Å². The topological polar surface area (TPSA) is 70.2 Å². The molecule has 36 heavy (non-hydrogen) atoms. The van der Waals surface area contributed by atoms with E-state index in [0.29, 0.717) is 31.1 Å². The fourth-order valence-electron chi connectivity index (χ4n) is 5.24. The minimum Gasteiger partial charge on any atom is -0.497 e. The molecule has 0 spiro atoms. The Hall–Kier alpha value is -2.72. The van der Waals surface area contributed by atoms with E-state index in [1.54, 1.807) is 48.8 Å². The van der Waals surface area contributed by atoms with Gasteiger partial charge in [-0.2, -0.15) is 4.31 Å². The second-order valence-corrected chi connectivity index (χ2v) is 12.2. The number of benzene rings is 2. The van der Waals surface area contributed by atoms with Crippen LogP contribution in [-0.2, 0) is 21.2 Å². The Bertz CT molecular complexity index is 1310. The smallest absolute Gasteiger partial charge is 0.243 e. The molecule has 1 fully saturated rings. The van der Waals surface area contributed by atoms with Crippen LogP contribution in [0.2, 0.25) is 0 Å². The van der Waals surface area contributed by atoms with E-state index >= 15 is 0 Å². The molecule has 0 radical (unpaired) electrons. The molecule has 9 heteroatoms. The van der Waals surface area contributed by atoms with Crippen LogP contribution in [0.1, 0.15) is 29.0 Å². The highest BCUT2D eigenvalue weighted by atomic mass is 32.2. The van der Waals surface area contributed by atoms with Gasteiger partial charge in [0.1, 0.15) is 5.75 Å². The number of carbonyl (C=O) groups excluding carboxylic acids is 1. The second-order valence-electron chi connectivity index (χ2n) is 9.31. The molecular weight excluding hydrogens is 494 g/mol. The standard InChI is InChI=1S/C27H31N3O4S2/c1-20-18-28(15-16-30(20)36(32,33)23-6-4-3-5-7-23)26(31)19-29-14-12-25-24(13-17-35-25)27(29)21-8-10-22(34-2)11-9-21/h3-11,13,17,20,27H,12,14-16,18-19H2,1-2H3. The lowest BCUT2D eigenvalue weighted by atomic mass is 9.93. The number of methoxy groups -OCH3 is 1. The first kappa shape index (κ1) is 25.0. The number of sulfonamides is 1. The van der Waals surface area contributed by atoms with Crippen molar-refractivity contribution < 1.29 is 17.9 Å². The summed E-state index contributed by atoms with van der Waals surface area (Å²) in [6.07, 6.45) is 0.923. The number of piperazine rings is 1. The van der Waals surface area contributed by atoms with Crippen LogP contribution in [-0.4, -0.2) is 74.3 Å². The van der Waals surface area contributed by atoms with Gasteiger partial charge in [0.15, 0.2) is 0 Å². The van der Waals surface area contributed by atoms with Gasteiger partial charge in [-0.3, -0.25) is 9.69 Å². The van der Waals surface area contributed by atoms with Crippen molar-refractivity contribution in [3.05, 3.63) is 82.0 Å². The molecule has 2 atom stereocenters. The van der Waals surface area contributed by atoms with Crippen LogP contribution in [0.25, 0.3) is 0 Å². The SMILES string of the molecule is COc1ccc(C2c3ccsc3CCN2CC(=O)N2CCN(S(=O)(=O)c3ccccc3)C(C)C2)cc1. The van der Waals surface area contributed by atoms with Crippen molar-refractivity contribution >= 4 is 27.3 Å². The van der Waals surface area contributed by atoms with Crippen molar-refractivity contribution in [2.45, 2.75) is 30.3 Å². The summed E-state index contributed by atoms with van der Waals surface area (Å²) in [4.78, 5) is 19.2. The number of thiophene rings is 1. The molecule has 1 amide bonds. The van der Waals surface area contributed by atoms with Gasteiger partial charge in [-0.15, -0.1) is 11.3 Å². The number of ether oxygens (including phenoxy) is 1. The minimum atomic E-state index is -3.59. The van der Waals surface area contributed by atoms with Gasteiger partial charge >= 0.3 is 0 Å². The molecule has 2 unspecified atom stereocenters. The lowest BCUT2D eigenvalue weighted by molar-refractivity contribution is -0.135. The zero-order chi connectivity index (χ0) is 25.3. The summed E-state index contributed by atoms with van der Waals surface area (Å²) in [6.45, 7) is 4.03. The first-order chi connectivity index (χ1) is 17.4. The van der Waals surface area contributed by atoms with Crippen LogP contribution in [0.5, 0.6) is 5.75 Å². The molecule has 7 nitrogen and oxygen atoms in total. The third-order valence-electron chi connectivity index (χ3n) is 7.10. The molecule has 2 aliphatic rings. The maximum Gasteiger partial charge on any atom is 0.243 e. The highest BCUT2D eigenvalue weighted by Gasteiger charge is 2.37. The van der Waals surface area contributed by atoms with E-state index in [0.717, 1.165) is 24.3 Å². The molecule has 190 valence electrons. The molecule has 3 heterocycles. The third-order valence-corrected chi connectivity index (χ3v) is 10.1. The maximum atomic E-state index is 13.5.